The van der Waals surface area contributed by atoms with Gasteiger partial charge in [0.1, 0.15) is 21.6 Å². The summed E-state index contributed by atoms with van der Waals surface area (Å²) in [6.45, 7) is 0.815. The van der Waals surface area contributed by atoms with Gasteiger partial charge in [0.2, 0.25) is 16.2 Å². The molecule has 62 heavy (non-hydrogen) atoms. The second-order valence-corrected chi connectivity index (χ2v) is 17.9. The third-order valence-electron chi connectivity index (χ3n) is 11.3. The number of fused-ring (bicyclic) bond motifs is 6. The number of para-hydroxylation sites is 1. The maximum Gasteiger partial charge on any atom is 0.336 e. The topological polar surface area (TPSA) is 234 Å². The number of carbonyl (C=O) groups excluding carboxylic acids is 2. The van der Waals surface area contributed by atoms with Crippen molar-refractivity contribution in [2.24, 2.45) is 0 Å². The van der Waals surface area contributed by atoms with Crippen LogP contribution in [0.5, 0.6) is 11.5 Å². The standard InChI is InChI=1S/C45H36N4O11S2/c50-36(49-24-30-9-2-1-7-25(30)13-14-26-8-3-4-12-35(26)49)17-20-48-44(51)29-15-16-31(32(23-29)45(52)53)37-33-21-27-10-5-18-46-38(27)42(61(54,55)56)40(33)60-41-34(37)22-28-11-6-19-47-39(28)43(41)62(57,58)59/h1-4,7-9,12,15-16,21-23,46H,5-6,10-11,17-20,24H2,(H,48,51)(H,52,53)(H,54,55,56)(H,57,58,59). The molecule has 0 saturated heterocycles. The number of amides is 2. The van der Waals surface area contributed by atoms with Crippen LogP contribution in [0.3, 0.4) is 0 Å². The summed E-state index contributed by atoms with van der Waals surface area (Å²) >= 11 is 0. The lowest BCUT2D eigenvalue weighted by molar-refractivity contribution is -0.507. The minimum atomic E-state index is -5.34. The zero-order chi connectivity index (χ0) is 43.5. The fourth-order valence-corrected chi connectivity index (χ4v) is 10.2. The number of rotatable bonds is 8. The lowest BCUT2D eigenvalue weighted by Crippen LogP contribution is -2.80. The molecule has 4 heterocycles. The molecule has 15 nitrogen and oxygen atoms in total. The summed E-state index contributed by atoms with van der Waals surface area (Å²) in [6, 6.07) is 21.8. The Kier molecular flexibility index (Phi) is 10.2. The first-order valence-corrected chi connectivity index (χ1v) is 22.6. The van der Waals surface area contributed by atoms with Crippen LogP contribution in [0.25, 0.3) is 5.57 Å². The van der Waals surface area contributed by atoms with Crippen LogP contribution in [-0.2, 0) is 44.4 Å². The minimum Gasteiger partial charge on any atom is -0.744 e. The Hall–Kier alpha value is -6.84. The fraction of sp³-hybridized carbons (Fsp3) is 0.200. The molecule has 5 aromatic carbocycles. The summed E-state index contributed by atoms with van der Waals surface area (Å²) < 4.78 is 82.3. The van der Waals surface area contributed by atoms with Crippen LogP contribution in [0.2, 0.25) is 0 Å². The Morgan fingerprint density at radius 1 is 0.855 bits per heavy atom. The normalized spacial score (nSPS) is 14.8. The van der Waals surface area contributed by atoms with Gasteiger partial charge in [-0.3, -0.25) is 14.1 Å². The number of carboxylic acids is 1. The molecular weight excluding hydrogens is 837 g/mol. The van der Waals surface area contributed by atoms with Crippen LogP contribution >= 0.6 is 0 Å². The molecule has 0 saturated carbocycles. The van der Waals surface area contributed by atoms with Crippen molar-refractivity contribution in [3.63, 3.8) is 0 Å². The van der Waals surface area contributed by atoms with Crippen molar-refractivity contribution in [2.45, 2.75) is 48.4 Å². The molecule has 0 fully saturated rings. The first-order chi connectivity index (χ1) is 29.7. The van der Waals surface area contributed by atoms with E-state index in [1.165, 1.54) is 12.1 Å². The molecule has 4 aliphatic heterocycles. The first-order valence-electron chi connectivity index (χ1n) is 19.7. The molecule has 9 rings (SSSR count). The monoisotopic (exact) mass is 872 g/mol. The highest BCUT2D eigenvalue weighted by Crippen LogP contribution is 2.48. The van der Waals surface area contributed by atoms with Crippen LogP contribution in [0.1, 0.15) is 78.9 Å². The maximum absolute atomic E-state index is 13.8. The first kappa shape index (κ1) is 40.6. The lowest BCUT2D eigenvalue weighted by Gasteiger charge is -2.30. The zero-order valence-corrected chi connectivity index (χ0v) is 34.3. The number of ether oxygens (including phenoxy) is 1. The van der Waals surface area contributed by atoms with E-state index in [-0.39, 0.29) is 63.9 Å². The lowest BCUT2D eigenvalue weighted by atomic mass is 9.86. The molecule has 17 heteroatoms. The molecule has 0 aromatic heterocycles. The number of hydrogen-bond donors (Lipinski definition) is 5. The number of hydrogen-bond acceptors (Lipinski definition) is 10. The van der Waals surface area contributed by atoms with Gasteiger partial charge in [-0.2, -0.15) is 8.42 Å². The molecule has 0 aliphatic carbocycles. The Labute approximate surface area is 355 Å². The van der Waals surface area contributed by atoms with Crippen LogP contribution in [0, 0.1) is 11.8 Å². The molecule has 4 aliphatic rings. The quantitative estimate of drug-likeness (QED) is 0.109. The van der Waals surface area contributed by atoms with E-state index in [1.54, 1.807) is 23.1 Å². The Morgan fingerprint density at radius 2 is 1.60 bits per heavy atom. The molecule has 5 aromatic rings. The van der Waals surface area contributed by atoms with Gasteiger partial charge in [0, 0.05) is 64.5 Å². The molecule has 0 unspecified atom stereocenters. The van der Waals surface area contributed by atoms with E-state index in [0.29, 0.717) is 61.2 Å². The van der Waals surface area contributed by atoms with Crippen LogP contribution < -0.4 is 35.8 Å². The van der Waals surface area contributed by atoms with Crippen molar-refractivity contribution in [1.82, 2.24) is 5.32 Å². The van der Waals surface area contributed by atoms with E-state index in [2.05, 4.69) is 27.5 Å². The van der Waals surface area contributed by atoms with Gasteiger partial charge in [-0.05, 0) is 78.4 Å². The van der Waals surface area contributed by atoms with Crippen molar-refractivity contribution >= 4 is 55.0 Å². The van der Waals surface area contributed by atoms with Crippen molar-refractivity contribution in [2.75, 3.05) is 29.9 Å². The van der Waals surface area contributed by atoms with Gasteiger partial charge in [0.15, 0.2) is 11.5 Å². The summed E-state index contributed by atoms with van der Waals surface area (Å²) in [5.41, 5.74) is 3.25. The fourth-order valence-electron chi connectivity index (χ4n) is 8.56. The second-order valence-electron chi connectivity index (χ2n) is 15.2. The van der Waals surface area contributed by atoms with Gasteiger partial charge in [0.25, 0.3) is 5.91 Å². The van der Waals surface area contributed by atoms with Crippen LogP contribution in [0.15, 0.2) is 88.7 Å². The van der Waals surface area contributed by atoms with Gasteiger partial charge in [-0.25, -0.2) is 18.2 Å². The Bertz CT molecular complexity index is 3250. The molecule has 2 amide bonds. The second kappa shape index (κ2) is 15.6. The predicted octanol–water partition coefficient (Wildman–Crippen LogP) is 1.96. The predicted molar refractivity (Wildman–Crippen MR) is 222 cm³/mol. The van der Waals surface area contributed by atoms with Gasteiger partial charge >= 0.3 is 16.1 Å². The molecule has 0 bridgehead atoms. The number of nitrogens with one attached hydrogen (secondary N) is 3. The number of anilines is 2. The van der Waals surface area contributed by atoms with E-state index in [1.807, 2.05) is 42.5 Å². The van der Waals surface area contributed by atoms with E-state index < -0.39 is 59.0 Å². The highest BCUT2D eigenvalue weighted by molar-refractivity contribution is 7.86. The summed E-state index contributed by atoms with van der Waals surface area (Å²) in [4.78, 5) is 43.7. The van der Waals surface area contributed by atoms with Gasteiger partial charge < -0.3 is 29.9 Å². The number of carboxylic acid groups (broad SMARTS) is 1. The highest BCUT2D eigenvalue weighted by atomic mass is 32.2. The summed E-state index contributed by atoms with van der Waals surface area (Å²) in [7, 11) is -10.4. The molecule has 314 valence electrons. The van der Waals surface area contributed by atoms with E-state index in [0.717, 1.165) is 17.2 Å². The van der Waals surface area contributed by atoms with Crippen LogP contribution in [-0.4, -0.2) is 68.5 Å². The Morgan fingerprint density at radius 3 is 2.37 bits per heavy atom. The average Bonchev–Trinajstić information content (AvgIpc) is 3.23. The number of benzene rings is 5. The third kappa shape index (κ3) is 7.26. The van der Waals surface area contributed by atoms with E-state index >= 15 is 0 Å². The summed E-state index contributed by atoms with van der Waals surface area (Å²) in [6.07, 6.45) is 1.77. The van der Waals surface area contributed by atoms with Crippen molar-refractivity contribution in [3.8, 4) is 23.3 Å². The number of carbonyl (C=O) groups is 3. The number of nitrogens with zero attached hydrogens (tertiary/aromatic N) is 1. The smallest absolute Gasteiger partial charge is 0.336 e. The highest BCUT2D eigenvalue weighted by Gasteiger charge is 2.37. The number of aryl methyl sites for hydroxylation is 2. The summed E-state index contributed by atoms with van der Waals surface area (Å²) in [5, 5.41) is 16.4. The van der Waals surface area contributed by atoms with E-state index in [4.69, 9.17) is 4.74 Å². The van der Waals surface area contributed by atoms with E-state index in [9.17, 15) is 45.4 Å². The van der Waals surface area contributed by atoms with Gasteiger partial charge in [-0.1, -0.05) is 48.2 Å². The largest absolute Gasteiger partial charge is 0.744 e. The molecule has 5 N–H and O–H groups in total. The van der Waals surface area contributed by atoms with Crippen molar-refractivity contribution < 1.29 is 55.2 Å². The zero-order valence-electron chi connectivity index (χ0n) is 32.7. The molecule has 0 radical (unpaired) electrons. The average molecular weight is 873 g/mol. The number of aromatic carboxylic acids is 1. The molecule has 0 atom stereocenters. The van der Waals surface area contributed by atoms with Gasteiger partial charge in [0.05, 0.1) is 23.5 Å². The maximum atomic E-state index is 13.8. The van der Waals surface area contributed by atoms with Crippen molar-refractivity contribution in [3.05, 3.63) is 140 Å². The van der Waals surface area contributed by atoms with Crippen LogP contribution in [0.4, 0.5) is 11.4 Å². The molecule has 0 spiro atoms. The summed E-state index contributed by atoms with van der Waals surface area (Å²) in [5.74, 6) is 2.80. The van der Waals surface area contributed by atoms with Gasteiger partial charge in [-0.15, -0.1) is 0 Å². The minimum absolute atomic E-state index is 0.00279. The Balaban J connectivity index is 1.12. The van der Waals surface area contributed by atoms with Crippen molar-refractivity contribution in [1.29, 1.82) is 0 Å². The third-order valence-corrected chi connectivity index (χ3v) is 13.1. The SMILES string of the molecule is O=C(NCCC(=O)N1Cc2ccccc2C#Cc2ccccc21)c1ccc(C2=c3cc4c(c(S(=O)(=O)O)c3Oc3c2cc2c(c3S(=O)(=O)[O-])NCCC2)=[NH+]CCC4)c(C(=O)O)c1. The molecular formula is C45H36N4O11S2.